The Morgan fingerprint density at radius 1 is 1.20 bits per heavy atom. The van der Waals surface area contributed by atoms with Crippen molar-refractivity contribution in [2.24, 2.45) is 0 Å². The third kappa shape index (κ3) is 3.85. The second-order valence-corrected chi connectivity index (χ2v) is 5.98. The molecule has 1 aliphatic rings. The summed E-state index contributed by atoms with van der Waals surface area (Å²) < 4.78 is 15.9. The van der Waals surface area contributed by atoms with Crippen LogP contribution in [0, 0.1) is 0 Å². The predicted octanol–water partition coefficient (Wildman–Crippen LogP) is 2.45. The van der Waals surface area contributed by atoms with Gasteiger partial charge in [-0.15, -0.1) is 0 Å². The van der Waals surface area contributed by atoms with Crippen LogP contribution >= 0.6 is 0 Å². The van der Waals surface area contributed by atoms with Gasteiger partial charge >= 0.3 is 0 Å². The lowest BCUT2D eigenvalue weighted by molar-refractivity contribution is 0.0525. The van der Waals surface area contributed by atoms with Gasteiger partial charge in [0.1, 0.15) is 11.4 Å². The normalized spacial score (nSPS) is 14.7. The van der Waals surface area contributed by atoms with E-state index in [1.807, 2.05) is 6.92 Å². The van der Waals surface area contributed by atoms with Crippen molar-refractivity contribution in [1.82, 2.24) is 5.32 Å². The van der Waals surface area contributed by atoms with Crippen LogP contribution in [0.4, 0.5) is 0 Å². The van der Waals surface area contributed by atoms with E-state index in [1.54, 1.807) is 49.4 Å². The van der Waals surface area contributed by atoms with Crippen LogP contribution in [0.5, 0.6) is 17.2 Å². The van der Waals surface area contributed by atoms with Crippen LogP contribution in [0.1, 0.15) is 29.8 Å². The van der Waals surface area contributed by atoms with Gasteiger partial charge in [-0.05, 0) is 55.8 Å². The highest BCUT2D eigenvalue weighted by Crippen LogP contribution is 2.35. The van der Waals surface area contributed by atoms with Gasteiger partial charge in [0.05, 0.1) is 13.2 Å². The van der Waals surface area contributed by atoms with Crippen LogP contribution in [0.3, 0.4) is 0 Å². The molecule has 1 aliphatic heterocycles. The first kappa shape index (κ1) is 17.1. The van der Waals surface area contributed by atoms with Gasteiger partial charge < -0.3 is 24.6 Å². The highest BCUT2D eigenvalue weighted by atomic mass is 16.7. The highest BCUT2D eigenvalue weighted by molar-refractivity contribution is 5.94. The molecule has 6 nitrogen and oxygen atoms in total. The van der Waals surface area contributed by atoms with E-state index in [9.17, 15) is 9.90 Å². The lowest BCUT2D eigenvalue weighted by Crippen LogP contribution is -2.38. The monoisotopic (exact) mass is 343 g/mol. The fraction of sp³-hybridized carbons (Fsp3) is 0.316. The molecule has 1 atom stereocenters. The van der Waals surface area contributed by atoms with Crippen molar-refractivity contribution in [1.29, 1.82) is 0 Å². The van der Waals surface area contributed by atoms with E-state index in [0.717, 1.165) is 0 Å². The minimum atomic E-state index is -1.23. The summed E-state index contributed by atoms with van der Waals surface area (Å²) in [5, 5.41) is 13.5. The molecule has 2 aromatic rings. The van der Waals surface area contributed by atoms with Crippen molar-refractivity contribution < 1.29 is 24.1 Å². The molecule has 0 spiro atoms. The van der Waals surface area contributed by atoms with Gasteiger partial charge in [-0.2, -0.15) is 0 Å². The number of amides is 1. The van der Waals surface area contributed by atoms with Crippen molar-refractivity contribution in [3.05, 3.63) is 53.6 Å². The lowest BCUT2D eigenvalue weighted by Gasteiger charge is -2.24. The molecule has 132 valence electrons. The first-order valence-electron chi connectivity index (χ1n) is 8.13. The zero-order valence-electron chi connectivity index (χ0n) is 14.2. The number of aliphatic hydroxyl groups is 1. The maximum Gasteiger partial charge on any atom is 0.251 e. The topological polar surface area (TPSA) is 77.0 Å². The van der Waals surface area contributed by atoms with Crippen molar-refractivity contribution in [3.8, 4) is 17.2 Å². The first-order chi connectivity index (χ1) is 12.0. The molecule has 6 heteroatoms. The molecule has 0 radical (unpaired) electrons. The van der Waals surface area contributed by atoms with E-state index in [0.29, 0.717) is 35.0 Å². The fourth-order valence-electron chi connectivity index (χ4n) is 2.56. The van der Waals surface area contributed by atoms with Crippen molar-refractivity contribution >= 4 is 5.91 Å². The number of fused-ring (bicyclic) bond motifs is 1. The first-order valence-corrected chi connectivity index (χ1v) is 8.13. The average Bonchev–Trinajstić information content (AvgIpc) is 3.08. The third-order valence-electron chi connectivity index (χ3n) is 4.02. The van der Waals surface area contributed by atoms with Crippen molar-refractivity contribution in [2.45, 2.75) is 19.4 Å². The second kappa shape index (κ2) is 7.03. The smallest absolute Gasteiger partial charge is 0.251 e. The Morgan fingerprint density at radius 3 is 2.64 bits per heavy atom. The molecule has 2 N–H and O–H groups in total. The standard InChI is InChI=1S/C19H21NO5/c1-3-23-15-7-4-13(5-8-15)18(21)20-11-19(2,22)14-6-9-16-17(10-14)25-12-24-16/h4-10,22H,3,11-12H2,1-2H3,(H,20,21). The summed E-state index contributed by atoms with van der Waals surface area (Å²) in [6, 6.07) is 12.1. The maximum absolute atomic E-state index is 12.3. The quantitative estimate of drug-likeness (QED) is 0.842. The molecule has 1 amide bonds. The van der Waals surface area contributed by atoms with E-state index in [-0.39, 0.29) is 19.2 Å². The van der Waals surface area contributed by atoms with Gasteiger partial charge in [-0.25, -0.2) is 0 Å². The molecule has 0 aliphatic carbocycles. The molecular weight excluding hydrogens is 322 g/mol. The number of nitrogens with one attached hydrogen (secondary N) is 1. The molecular formula is C19H21NO5. The van der Waals surface area contributed by atoms with Crippen LogP contribution in [0.2, 0.25) is 0 Å². The van der Waals surface area contributed by atoms with Crippen LogP contribution in [0.15, 0.2) is 42.5 Å². The molecule has 0 aromatic heterocycles. The van der Waals surface area contributed by atoms with Gasteiger partial charge in [0, 0.05) is 5.56 Å². The van der Waals surface area contributed by atoms with Crippen LogP contribution in [-0.4, -0.2) is 31.0 Å². The largest absolute Gasteiger partial charge is 0.494 e. The number of benzene rings is 2. The van der Waals surface area contributed by atoms with E-state index in [4.69, 9.17) is 14.2 Å². The number of hydrogen-bond donors (Lipinski definition) is 2. The van der Waals surface area contributed by atoms with Gasteiger partial charge in [0.15, 0.2) is 11.5 Å². The fourth-order valence-corrected chi connectivity index (χ4v) is 2.56. The van der Waals surface area contributed by atoms with E-state index in [1.165, 1.54) is 0 Å². The summed E-state index contributed by atoms with van der Waals surface area (Å²) in [6.45, 7) is 4.36. The maximum atomic E-state index is 12.3. The Hall–Kier alpha value is -2.73. The molecule has 0 saturated heterocycles. The van der Waals surface area contributed by atoms with E-state index in [2.05, 4.69) is 5.32 Å². The third-order valence-corrected chi connectivity index (χ3v) is 4.02. The number of carbonyl (C=O) groups is 1. The summed E-state index contributed by atoms with van der Waals surface area (Å²) in [7, 11) is 0. The Labute approximate surface area is 146 Å². The zero-order chi connectivity index (χ0) is 17.9. The predicted molar refractivity (Wildman–Crippen MR) is 92.1 cm³/mol. The summed E-state index contributed by atoms with van der Waals surface area (Å²) in [4.78, 5) is 12.3. The molecule has 3 rings (SSSR count). The summed E-state index contributed by atoms with van der Waals surface area (Å²) >= 11 is 0. The van der Waals surface area contributed by atoms with Crippen LogP contribution in [-0.2, 0) is 5.60 Å². The van der Waals surface area contributed by atoms with Crippen molar-refractivity contribution in [3.63, 3.8) is 0 Å². The van der Waals surface area contributed by atoms with Crippen molar-refractivity contribution in [2.75, 3.05) is 19.9 Å². The molecule has 2 aromatic carbocycles. The molecule has 25 heavy (non-hydrogen) atoms. The van der Waals surface area contributed by atoms with Gasteiger partial charge in [0.25, 0.3) is 5.91 Å². The molecule has 1 heterocycles. The van der Waals surface area contributed by atoms with Crippen LogP contribution < -0.4 is 19.5 Å². The molecule has 0 bridgehead atoms. The number of rotatable bonds is 6. The van der Waals surface area contributed by atoms with Gasteiger partial charge in [0.2, 0.25) is 6.79 Å². The van der Waals surface area contributed by atoms with Gasteiger partial charge in [-0.1, -0.05) is 6.07 Å². The highest BCUT2D eigenvalue weighted by Gasteiger charge is 2.26. The number of hydrogen-bond acceptors (Lipinski definition) is 5. The second-order valence-electron chi connectivity index (χ2n) is 5.98. The SMILES string of the molecule is CCOc1ccc(C(=O)NCC(C)(O)c2ccc3c(c2)OCO3)cc1. The van der Waals surface area contributed by atoms with Gasteiger partial charge in [-0.3, -0.25) is 4.79 Å². The minimum absolute atomic E-state index is 0.0681. The Kier molecular flexibility index (Phi) is 4.81. The summed E-state index contributed by atoms with van der Waals surface area (Å²) in [5.74, 6) is 1.70. The average molecular weight is 343 g/mol. The summed E-state index contributed by atoms with van der Waals surface area (Å²) in [6.07, 6.45) is 0. The zero-order valence-corrected chi connectivity index (χ0v) is 14.2. The Morgan fingerprint density at radius 2 is 1.92 bits per heavy atom. The minimum Gasteiger partial charge on any atom is -0.494 e. The van der Waals surface area contributed by atoms with E-state index >= 15 is 0 Å². The van der Waals surface area contributed by atoms with Crippen LogP contribution in [0.25, 0.3) is 0 Å². The Balaban J connectivity index is 1.64. The van der Waals surface area contributed by atoms with E-state index < -0.39 is 5.60 Å². The number of ether oxygens (including phenoxy) is 3. The molecule has 1 unspecified atom stereocenters. The molecule has 0 fully saturated rings. The summed E-state index contributed by atoms with van der Waals surface area (Å²) in [5.41, 5.74) is -0.0873. The lowest BCUT2D eigenvalue weighted by atomic mass is 9.95. The Bertz CT molecular complexity index is 755. The number of carbonyl (C=O) groups excluding carboxylic acids is 1. The molecule has 0 saturated carbocycles.